The Morgan fingerprint density at radius 3 is 2.50 bits per heavy atom. The third kappa shape index (κ3) is 5.65. The average molecular weight is 476 g/mol. The quantitative estimate of drug-likeness (QED) is 0.498. The smallest absolute Gasteiger partial charge is 0.337 e. The number of piperazine rings is 1. The molecule has 4 rings (SSSR count). The molecule has 1 aromatic carbocycles. The van der Waals surface area contributed by atoms with Crippen LogP contribution in [0.1, 0.15) is 33.9 Å². The van der Waals surface area contributed by atoms with Crippen molar-refractivity contribution in [2.45, 2.75) is 33.1 Å². The standard InChI is InChI=1S/C21H23F3N8O2/c1-14-19(28-34-27-14)13-30-7-9-31(10-8-30)20(33)6-4-16-3-5-18(21(22,23)24)11-17(16)12-32-26-15(2)25-29-32/h3-6,11H,7-10,12-13H2,1-2H3. The maximum atomic E-state index is 13.2. The van der Waals surface area contributed by atoms with Crippen LogP contribution in [0.4, 0.5) is 13.2 Å². The summed E-state index contributed by atoms with van der Waals surface area (Å²) in [5.74, 6) is 0.202. The Morgan fingerprint density at radius 1 is 1.12 bits per heavy atom. The molecule has 1 fully saturated rings. The van der Waals surface area contributed by atoms with Gasteiger partial charge in [0.15, 0.2) is 5.82 Å². The zero-order chi connectivity index (χ0) is 24.3. The minimum atomic E-state index is -4.49. The molecule has 0 aliphatic carbocycles. The molecule has 0 saturated carbocycles. The highest BCUT2D eigenvalue weighted by Gasteiger charge is 2.31. The second-order valence-electron chi connectivity index (χ2n) is 8.01. The molecule has 34 heavy (non-hydrogen) atoms. The van der Waals surface area contributed by atoms with Crippen LogP contribution in [-0.2, 0) is 24.1 Å². The van der Waals surface area contributed by atoms with Crippen molar-refractivity contribution in [2.75, 3.05) is 26.2 Å². The number of benzene rings is 1. The molecule has 0 bridgehead atoms. The number of nitrogens with zero attached hydrogens (tertiary/aromatic N) is 8. The second kappa shape index (κ2) is 9.71. The maximum Gasteiger partial charge on any atom is 0.416 e. The molecule has 13 heteroatoms. The van der Waals surface area contributed by atoms with Crippen LogP contribution in [0.2, 0.25) is 0 Å². The molecule has 0 radical (unpaired) electrons. The fourth-order valence-electron chi connectivity index (χ4n) is 3.62. The lowest BCUT2D eigenvalue weighted by atomic mass is 10.0. The minimum absolute atomic E-state index is 0.00633. The zero-order valence-electron chi connectivity index (χ0n) is 18.7. The van der Waals surface area contributed by atoms with Gasteiger partial charge in [-0.2, -0.15) is 18.0 Å². The zero-order valence-corrected chi connectivity index (χ0v) is 18.7. The van der Waals surface area contributed by atoms with Crippen molar-refractivity contribution in [1.29, 1.82) is 0 Å². The van der Waals surface area contributed by atoms with Crippen LogP contribution in [0.3, 0.4) is 0 Å². The van der Waals surface area contributed by atoms with E-state index in [-0.39, 0.29) is 12.5 Å². The highest BCUT2D eigenvalue weighted by molar-refractivity contribution is 5.92. The van der Waals surface area contributed by atoms with Crippen molar-refractivity contribution in [3.8, 4) is 0 Å². The van der Waals surface area contributed by atoms with Gasteiger partial charge < -0.3 is 4.90 Å². The lowest BCUT2D eigenvalue weighted by Gasteiger charge is -2.33. The van der Waals surface area contributed by atoms with Crippen molar-refractivity contribution in [1.82, 2.24) is 40.3 Å². The van der Waals surface area contributed by atoms with Gasteiger partial charge in [-0.3, -0.25) is 9.69 Å². The molecule has 1 saturated heterocycles. The SMILES string of the molecule is Cc1nnn(Cc2cc(C(F)(F)F)ccc2C=CC(=O)N2CCN(Cc3nonc3C)CC2)n1. The van der Waals surface area contributed by atoms with E-state index in [0.29, 0.717) is 49.7 Å². The van der Waals surface area contributed by atoms with Gasteiger partial charge in [0.2, 0.25) is 5.91 Å². The Labute approximate surface area is 193 Å². The highest BCUT2D eigenvalue weighted by Crippen LogP contribution is 2.31. The van der Waals surface area contributed by atoms with Gasteiger partial charge >= 0.3 is 6.18 Å². The Bertz CT molecular complexity index is 1180. The third-order valence-electron chi connectivity index (χ3n) is 5.54. The fourth-order valence-corrected chi connectivity index (χ4v) is 3.62. The van der Waals surface area contributed by atoms with Gasteiger partial charge in [-0.15, -0.1) is 10.2 Å². The monoisotopic (exact) mass is 476 g/mol. The first-order valence-electron chi connectivity index (χ1n) is 10.6. The van der Waals surface area contributed by atoms with E-state index in [2.05, 4.69) is 30.6 Å². The number of aryl methyl sites for hydroxylation is 2. The largest absolute Gasteiger partial charge is 0.416 e. The van der Waals surface area contributed by atoms with Gasteiger partial charge in [-0.1, -0.05) is 16.4 Å². The summed E-state index contributed by atoms with van der Waals surface area (Å²) >= 11 is 0. The molecule has 1 aliphatic heterocycles. The summed E-state index contributed by atoms with van der Waals surface area (Å²) < 4.78 is 44.4. The summed E-state index contributed by atoms with van der Waals surface area (Å²) in [6, 6.07) is 3.38. The first kappa shape index (κ1) is 23.5. The van der Waals surface area contributed by atoms with Crippen LogP contribution >= 0.6 is 0 Å². The summed E-state index contributed by atoms with van der Waals surface area (Å²) in [7, 11) is 0. The van der Waals surface area contributed by atoms with E-state index in [1.807, 2.05) is 6.92 Å². The molecule has 3 heterocycles. The van der Waals surface area contributed by atoms with Gasteiger partial charge in [0.25, 0.3) is 0 Å². The van der Waals surface area contributed by atoms with E-state index in [1.165, 1.54) is 23.0 Å². The Balaban J connectivity index is 1.43. The predicted octanol–water partition coefficient (Wildman–Crippen LogP) is 2.10. The van der Waals surface area contributed by atoms with Crippen LogP contribution in [0.5, 0.6) is 0 Å². The summed E-state index contributed by atoms with van der Waals surface area (Å²) in [6.45, 7) is 6.42. The van der Waals surface area contributed by atoms with Gasteiger partial charge in [-0.25, -0.2) is 4.63 Å². The molecular weight excluding hydrogens is 453 g/mol. The van der Waals surface area contributed by atoms with E-state index >= 15 is 0 Å². The molecule has 1 amide bonds. The average Bonchev–Trinajstić information content (AvgIpc) is 3.40. The molecule has 0 N–H and O–H groups in total. The molecule has 2 aromatic heterocycles. The third-order valence-corrected chi connectivity index (χ3v) is 5.54. The first-order valence-corrected chi connectivity index (χ1v) is 10.6. The number of hydrogen-bond donors (Lipinski definition) is 0. The number of amides is 1. The molecule has 1 aliphatic rings. The van der Waals surface area contributed by atoms with Crippen LogP contribution < -0.4 is 0 Å². The Hall–Kier alpha value is -3.61. The predicted molar refractivity (Wildman–Crippen MR) is 113 cm³/mol. The van der Waals surface area contributed by atoms with E-state index in [4.69, 9.17) is 4.63 Å². The first-order chi connectivity index (χ1) is 16.2. The molecule has 3 aromatic rings. The Kier molecular flexibility index (Phi) is 6.72. The van der Waals surface area contributed by atoms with Gasteiger partial charge in [0.05, 0.1) is 12.1 Å². The molecule has 0 spiro atoms. The minimum Gasteiger partial charge on any atom is -0.337 e. The number of alkyl halides is 3. The molecule has 10 nitrogen and oxygen atoms in total. The molecule has 0 atom stereocenters. The topological polar surface area (TPSA) is 106 Å². The van der Waals surface area contributed by atoms with Crippen molar-refractivity contribution >= 4 is 12.0 Å². The number of hydrogen-bond acceptors (Lipinski definition) is 8. The number of carbonyl (C=O) groups excluding carboxylic acids is 1. The molecule has 180 valence electrons. The van der Waals surface area contributed by atoms with Crippen LogP contribution in [0.25, 0.3) is 6.08 Å². The lowest BCUT2D eigenvalue weighted by molar-refractivity contribution is -0.137. The summed E-state index contributed by atoms with van der Waals surface area (Å²) in [6.07, 6.45) is -1.58. The van der Waals surface area contributed by atoms with Crippen molar-refractivity contribution < 1.29 is 22.6 Å². The number of halogens is 3. The van der Waals surface area contributed by atoms with Crippen LogP contribution in [-0.4, -0.2) is 72.4 Å². The van der Waals surface area contributed by atoms with E-state index in [0.717, 1.165) is 23.5 Å². The second-order valence-corrected chi connectivity index (χ2v) is 8.01. The normalized spacial score (nSPS) is 15.4. The van der Waals surface area contributed by atoms with Gasteiger partial charge in [-0.05, 0) is 48.4 Å². The van der Waals surface area contributed by atoms with Gasteiger partial charge in [0.1, 0.15) is 11.4 Å². The lowest BCUT2D eigenvalue weighted by Crippen LogP contribution is -2.47. The van der Waals surface area contributed by atoms with Crippen LogP contribution in [0.15, 0.2) is 28.9 Å². The summed E-state index contributed by atoms with van der Waals surface area (Å²) in [5.41, 5.74) is 1.54. The Morgan fingerprint density at radius 2 is 1.88 bits per heavy atom. The maximum absolute atomic E-state index is 13.2. The van der Waals surface area contributed by atoms with Crippen molar-refractivity contribution in [3.63, 3.8) is 0 Å². The number of rotatable bonds is 6. The number of tetrazole rings is 1. The molecular formula is C21H23F3N8O2. The number of carbonyl (C=O) groups is 1. The van der Waals surface area contributed by atoms with Gasteiger partial charge in [0, 0.05) is 38.8 Å². The van der Waals surface area contributed by atoms with E-state index in [9.17, 15) is 18.0 Å². The van der Waals surface area contributed by atoms with Crippen LogP contribution in [0, 0.1) is 13.8 Å². The highest BCUT2D eigenvalue weighted by atomic mass is 19.4. The van der Waals surface area contributed by atoms with E-state index in [1.54, 1.807) is 11.8 Å². The fraction of sp³-hybridized carbons (Fsp3) is 0.429. The van der Waals surface area contributed by atoms with Crippen molar-refractivity contribution in [3.05, 3.63) is 58.2 Å². The van der Waals surface area contributed by atoms with E-state index < -0.39 is 11.7 Å². The summed E-state index contributed by atoms with van der Waals surface area (Å²) in [5, 5.41) is 19.3. The van der Waals surface area contributed by atoms with Crippen molar-refractivity contribution in [2.24, 2.45) is 0 Å². The molecule has 0 unspecified atom stereocenters. The summed E-state index contributed by atoms with van der Waals surface area (Å²) in [4.78, 5) is 17.8. The number of aromatic nitrogens is 6.